The number of anilines is 1. The van der Waals surface area contributed by atoms with Crippen molar-refractivity contribution in [3.05, 3.63) is 29.8 Å². The van der Waals surface area contributed by atoms with E-state index in [9.17, 15) is 4.39 Å². The molecule has 0 unspecified atom stereocenters. The number of alkyl halides is 1. The zero-order valence-electron chi connectivity index (χ0n) is 8.52. The average molecular weight is 211 g/mol. The fourth-order valence-corrected chi connectivity index (χ4v) is 1.22. The van der Waals surface area contributed by atoms with Crippen LogP contribution in [0.2, 0.25) is 0 Å². The van der Waals surface area contributed by atoms with E-state index in [0.29, 0.717) is 12.1 Å². The second-order valence-electron chi connectivity index (χ2n) is 3.15. The number of amidine groups is 1. The zero-order chi connectivity index (χ0) is 11.3. The van der Waals surface area contributed by atoms with Crippen molar-refractivity contribution in [2.24, 2.45) is 10.9 Å². The van der Waals surface area contributed by atoms with Crippen LogP contribution in [0.25, 0.3) is 0 Å². The molecular weight excluding hydrogens is 197 g/mol. The molecule has 0 bridgehead atoms. The van der Waals surface area contributed by atoms with E-state index in [1.165, 1.54) is 0 Å². The van der Waals surface area contributed by atoms with Crippen LogP contribution in [0.1, 0.15) is 5.56 Å². The van der Waals surface area contributed by atoms with Crippen LogP contribution in [-0.2, 0) is 0 Å². The fourth-order valence-electron chi connectivity index (χ4n) is 1.22. The summed E-state index contributed by atoms with van der Waals surface area (Å²) in [6.45, 7) is -0.0933. The summed E-state index contributed by atoms with van der Waals surface area (Å²) in [6, 6.07) is 7.08. The first-order valence-electron chi connectivity index (χ1n) is 4.54. The number of benzene rings is 1. The third-order valence-electron chi connectivity index (χ3n) is 2.11. The van der Waals surface area contributed by atoms with Gasteiger partial charge in [0, 0.05) is 24.8 Å². The van der Waals surface area contributed by atoms with Gasteiger partial charge in [-0.2, -0.15) is 0 Å². The summed E-state index contributed by atoms with van der Waals surface area (Å²) in [5.41, 5.74) is 6.89. The highest BCUT2D eigenvalue weighted by Gasteiger charge is 2.03. The van der Waals surface area contributed by atoms with E-state index < -0.39 is 6.67 Å². The highest BCUT2D eigenvalue weighted by molar-refractivity contribution is 5.97. The van der Waals surface area contributed by atoms with E-state index in [2.05, 4.69) is 5.16 Å². The van der Waals surface area contributed by atoms with Gasteiger partial charge >= 0.3 is 0 Å². The monoisotopic (exact) mass is 211 g/mol. The SMILES string of the molecule is CN(CCF)c1cccc(/C(N)=N/O)c1. The molecule has 0 aliphatic heterocycles. The molecule has 0 fully saturated rings. The second kappa shape index (κ2) is 5.19. The molecule has 0 radical (unpaired) electrons. The number of halogens is 1. The number of hydrogen-bond donors (Lipinski definition) is 2. The summed E-state index contributed by atoms with van der Waals surface area (Å²) >= 11 is 0. The number of nitrogens with zero attached hydrogens (tertiary/aromatic N) is 2. The minimum atomic E-state index is -0.412. The van der Waals surface area contributed by atoms with Gasteiger partial charge in [0.05, 0.1) is 0 Å². The van der Waals surface area contributed by atoms with Crippen molar-refractivity contribution in [2.75, 3.05) is 25.2 Å². The Hall–Kier alpha value is -1.78. The van der Waals surface area contributed by atoms with E-state index in [4.69, 9.17) is 10.9 Å². The summed E-state index contributed by atoms with van der Waals surface area (Å²) < 4.78 is 12.1. The summed E-state index contributed by atoms with van der Waals surface area (Å²) in [5, 5.41) is 11.4. The Bertz CT molecular complexity index is 354. The Kier molecular flexibility index (Phi) is 3.91. The van der Waals surface area contributed by atoms with Gasteiger partial charge in [-0.1, -0.05) is 17.3 Å². The summed E-state index contributed by atoms with van der Waals surface area (Å²) in [7, 11) is 1.78. The second-order valence-corrected chi connectivity index (χ2v) is 3.15. The molecule has 4 nitrogen and oxygen atoms in total. The van der Waals surface area contributed by atoms with Crippen LogP contribution < -0.4 is 10.6 Å². The fraction of sp³-hybridized carbons (Fsp3) is 0.300. The molecule has 82 valence electrons. The van der Waals surface area contributed by atoms with Crippen LogP contribution in [0.15, 0.2) is 29.4 Å². The predicted octanol–water partition coefficient (Wildman–Crippen LogP) is 1.19. The van der Waals surface area contributed by atoms with Crippen LogP contribution in [0.3, 0.4) is 0 Å². The lowest BCUT2D eigenvalue weighted by atomic mass is 10.2. The highest BCUT2D eigenvalue weighted by Crippen LogP contribution is 2.14. The van der Waals surface area contributed by atoms with Gasteiger partial charge in [0.25, 0.3) is 0 Å². The van der Waals surface area contributed by atoms with Gasteiger partial charge in [-0.15, -0.1) is 0 Å². The quantitative estimate of drug-likeness (QED) is 0.340. The van der Waals surface area contributed by atoms with Crippen LogP contribution in [0.5, 0.6) is 0 Å². The third-order valence-corrected chi connectivity index (χ3v) is 2.11. The van der Waals surface area contributed by atoms with Crippen molar-refractivity contribution < 1.29 is 9.60 Å². The van der Waals surface area contributed by atoms with Gasteiger partial charge in [-0.05, 0) is 12.1 Å². The minimum absolute atomic E-state index is 0.0468. The van der Waals surface area contributed by atoms with Crippen molar-refractivity contribution in [2.45, 2.75) is 0 Å². The number of hydrogen-bond acceptors (Lipinski definition) is 3. The molecule has 1 aromatic carbocycles. The van der Waals surface area contributed by atoms with E-state index in [1.807, 2.05) is 6.07 Å². The Morgan fingerprint density at radius 1 is 1.60 bits per heavy atom. The van der Waals surface area contributed by atoms with Crippen LogP contribution in [-0.4, -0.2) is 31.3 Å². The molecule has 3 N–H and O–H groups in total. The molecule has 1 rings (SSSR count). The first kappa shape index (κ1) is 11.3. The molecule has 0 heterocycles. The molecule has 0 aromatic heterocycles. The maximum atomic E-state index is 12.1. The van der Waals surface area contributed by atoms with Crippen molar-refractivity contribution in [3.63, 3.8) is 0 Å². The van der Waals surface area contributed by atoms with Crippen molar-refractivity contribution in [3.8, 4) is 0 Å². The smallest absolute Gasteiger partial charge is 0.170 e. The molecule has 0 saturated carbocycles. The Balaban J connectivity index is 2.92. The summed E-state index contributed by atoms with van der Waals surface area (Å²) in [4.78, 5) is 1.76. The maximum absolute atomic E-state index is 12.1. The Labute approximate surface area is 87.8 Å². The van der Waals surface area contributed by atoms with Crippen molar-refractivity contribution in [1.82, 2.24) is 0 Å². The van der Waals surface area contributed by atoms with E-state index >= 15 is 0 Å². The van der Waals surface area contributed by atoms with Gasteiger partial charge in [0.15, 0.2) is 5.84 Å². The number of rotatable bonds is 4. The Morgan fingerprint density at radius 2 is 2.33 bits per heavy atom. The van der Waals surface area contributed by atoms with Gasteiger partial charge in [-0.3, -0.25) is 0 Å². The van der Waals surface area contributed by atoms with Crippen LogP contribution in [0.4, 0.5) is 10.1 Å². The molecule has 0 aliphatic carbocycles. The van der Waals surface area contributed by atoms with E-state index in [0.717, 1.165) is 5.69 Å². The lowest BCUT2D eigenvalue weighted by Crippen LogP contribution is -2.21. The van der Waals surface area contributed by atoms with Gasteiger partial charge < -0.3 is 15.8 Å². The number of oxime groups is 1. The topological polar surface area (TPSA) is 61.8 Å². The highest BCUT2D eigenvalue weighted by atomic mass is 19.1. The molecule has 0 saturated heterocycles. The Morgan fingerprint density at radius 3 is 2.93 bits per heavy atom. The lowest BCUT2D eigenvalue weighted by molar-refractivity contribution is 0.318. The van der Waals surface area contributed by atoms with Crippen molar-refractivity contribution in [1.29, 1.82) is 0 Å². The van der Waals surface area contributed by atoms with E-state index in [1.54, 1.807) is 30.1 Å². The van der Waals surface area contributed by atoms with E-state index in [-0.39, 0.29) is 5.84 Å². The molecule has 0 atom stereocenters. The number of nitrogens with two attached hydrogens (primary N) is 1. The van der Waals surface area contributed by atoms with Crippen molar-refractivity contribution >= 4 is 11.5 Å². The lowest BCUT2D eigenvalue weighted by Gasteiger charge is -2.17. The van der Waals surface area contributed by atoms with Gasteiger partial charge in [0.2, 0.25) is 0 Å². The van der Waals surface area contributed by atoms with Gasteiger partial charge in [0.1, 0.15) is 6.67 Å². The molecule has 5 heteroatoms. The first-order valence-corrected chi connectivity index (χ1v) is 4.54. The summed E-state index contributed by atoms with van der Waals surface area (Å²) in [6.07, 6.45) is 0. The largest absolute Gasteiger partial charge is 0.409 e. The molecular formula is C10H14FN3O. The molecule has 0 amide bonds. The standard InChI is InChI=1S/C10H14FN3O/c1-14(6-5-11)9-4-2-3-8(7-9)10(12)13-15/h2-4,7,15H,5-6H2,1H3,(H2,12,13). The molecule has 1 aromatic rings. The van der Waals surface area contributed by atoms with Gasteiger partial charge in [-0.25, -0.2) is 4.39 Å². The van der Waals surface area contributed by atoms with Crippen LogP contribution in [0, 0.1) is 0 Å². The normalized spacial score (nSPS) is 11.5. The molecule has 0 spiro atoms. The van der Waals surface area contributed by atoms with Crippen LogP contribution >= 0.6 is 0 Å². The third kappa shape index (κ3) is 2.83. The predicted molar refractivity (Wildman–Crippen MR) is 58.2 cm³/mol. The maximum Gasteiger partial charge on any atom is 0.170 e. The molecule has 0 aliphatic rings. The minimum Gasteiger partial charge on any atom is -0.409 e. The first-order chi connectivity index (χ1) is 7.19. The zero-order valence-corrected chi connectivity index (χ0v) is 8.52. The molecule has 15 heavy (non-hydrogen) atoms. The summed E-state index contributed by atoms with van der Waals surface area (Å²) in [5.74, 6) is 0.0468. The average Bonchev–Trinajstić information content (AvgIpc) is 2.28.